The van der Waals surface area contributed by atoms with E-state index in [-0.39, 0.29) is 12.0 Å². The van der Waals surface area contributed by atoms with E-state index in [0.29, 0.717) is 28.8 Å². The summed E-state index contributed by atoms with van der Waals surface area (Å²) >= 11 is 6.54. The number of hydrogen-bond acceptors (Lipinski definition) is 4. The minimum atomic E-state index is -0.0324. The van der Waals surface area contributed by atoms with Gasteiger partial charge in [-0.1, -0.05) is 72.3 Å². The fourth-order valence-corrected chi connectivity index (χ4v) is 5.05. The zero-order valence-electron chi connectivity index (χ0n) is 22.1. The third-order valence-corrected chi connectivity index (χ3v) is 7.38. The van der Waals surface area contributed by atoms with Crippen molar-refractivity contribution in [3.63, 3.8) is 0 Å². The van der Waals surface area contributed by atoms with Crippen molar-refractivity contribution in [1.29, 1.82) is 0 Å². The molecule has 0 aromatic heterocycles. The molecule has 0 aliphatic carbocycles. The zero-order valence-corrected chi connectivity index (χ0v) is 22.9. The van der Waals surface area contributed by atoms with Crippen LogP contribution in [-0.2, 0) is 0 Å². The molecule has 5 nitrogen and oxygen atoms in total. The molecular formula is C31H38ClN3O2. The SMILES string of the molecule is CN(C)CCN(C)C(=O)c1ccc(OC2CCN(CC(c3ccccc3)c3ccccc3)CC2)c(Cl)c1. The highest BCUT2D eigenvalue weighted by molar-refractivity contribution is 6.32. The number of carbonyl (C=O) groups is 1. The van der Waals surface area contributed by atoms with Crippen LogP contribution in [0.15, 0.2) is 78.9 Å². The van der Waals surface area contributed by atoms with E-state index in [2.05, 4.69) is 70.5 Å². The number of carbonyl (C=O) groups excluding carboxylic acids is 1. The lowest BCUT2D eigenvalue weighted by molar-refractivity contribution is 0.0786. The summed E-state index contributed by atoms with van der Waals surface area (Å²) in [6, 6.07) is 26.9. The van der Waals surface area contributed by atoms with Crippen molar-refractivity contribution in [2.24, 2.45) is 0 Å². The molecule has 1 amide bonds. The molecule has 0 spiro atoms. The van der Waals surface area contributed by atoms with Crippen LogP contribution >= 0.6 is 11.6 Å². The summed E-state index contributed by atoms with van der Waals surface area (Å²) in [5, 5.41) is 0.488. The van der Waals surface area contributed by atoms with Crippen LogP contribution in [0.4, 0.5) is 0 Å². The number of likely N-dealkylation sites (N-methyl/N-ethyl adjacent to an activating group) is 2. The molecule has 4 rings (SSSR count). The van der Waals surface area contributed by atoms with E-state index in [4.69, 9.17) is 16.3 Å². The topological polar surface area (TPSA) is 36.0 Å². The average Bonchev–Trinajstić information content (AvgIpc) is 2.93. The predicted molar refractivity (Wildman–Crippen MR) is 152 cm³/mol. The Labute approximate surface area is 226 Å². The summed E-state index contributed by atoms with van der Waals surface area (Å²) in [6.45, 7) is 4.42. The Kier molecular flexibility index (Phi) is 9.62. The van der Waals surface area contributed by atoms with Crippen molar-refractivity contribution >= 4 is 17.5 Å². The molecule has 1 fully saturated rings. The molecule has 1 saturated heterocycles. The van der Waals surface area contributed by atoms with Crippen molar-refractivity contribution < 1.29 is 9.53 Å². The van der Waals surface area contributed by atoms with E-state index in [9.17, 15) is 4.79 Å². The molecule has 196 valence electrons. The van der Waals surface area contributed by atoms with Crippen molar-refractivity contribution in [2.45, 2.75) is 24.9 Å². The van der Waals surface area contributed by atoms with Crippen LogP contribution in [-0.4, -0.2) is 80.6 Å². The van der Waals surface area contributed by atoms with E-state index in [1.807, 2.05) is 33.3 Å². The number of likely N-dealkylation sites (tertiary alicyclic amines) is 1. The number of rotatable bonds is 10. The van der Waals surface area contributed by atoms with Gasteiger partial charge in [-0.3, -0.25) is 4.79 Å². The summed E-state index contributed by atoms with van der Waals surface area (Å²) < 4.78 is 6.29. The Bertz CT molecular complexity index is 1090. The second-order valence-electron chi connectivity index (χ2n) is 10.2. The van der Waals surface area contributed by atoms with Crippen LogP contribution < -0.4 is 4.74 Å². The van der Waals surface area contributed by atoms with Crippen molar-refractivity contribution in [1.82, 2.24) is 14.7 Å². The first-order valence-corrected chi connectivity index (χ1v) is 13.5. The first kappa shape index (κ1) is 27.2. The van der Waals surface area contributed by atoms with Gasteiger partial charge in [0.15, 0.2) is 0 Å². The van der Waals surface area contributed by atoms with Crippen LogP contribution in [0.1, 0.15) is 40.2 Å². The quantitative estimate of drug-likeness (QED) is 0.347. The van der Waals surface area contributed by atoms with Gasteiger partial charge in [-0.2, -0.15) is 0 Å². The van der Waals surface area contributed by atoms with Crippen LogP contribution in [0.3, 0.4) is 0 Å². The highest BCUT2D eigenvalue weighted by atomic mass is 35.5. The number of ether oxygens (including phenoxy) is 1. The van der Waals surface area contributed by atoms with Gasteiger partial charge in [-0.25, -0.2) is 0 Å². The third-order valence-electron chi connectivity index (χ3n) is 7.08. The first-order chi connectivity index (χ1) is 17.9. The summed E-state index contributed by atoms with van der Waals surface area (Å²) in [5.41, 5.74) is 3.28. The average molecular weight is 520 g/mol. The Morgan fingerprint density at radius 2 is 1.51 bits per heavy atom. The van der Waals surface area contributed by atoms with Gasteiger partial charge in [0.2, 0.25) is 0 Å². The smallest absolute Gasteiger partial charge is 0.253 e. The van der Waals surface area contributed by atoms with Gasteiger partial charge in [-0.15, -0.1) is 0 Å². The maximum absolute atomic E-state index is 12.7. The Morgan fingerprint density at radius 1 is 0.919 bits per heavy atom. The van der Waals surface area contributed by atoms with Gasteiger partial charge < -0.3 is 19.4 Å². The predicted octanol–water partition coefficient (Wildman–Crippen LogP) is 5.65. The lowest BCUT2D eigenvalue weighted by Gasteiger charge is -2.35. The largest absolute Gasteiger partial charge is 0.489 e. The molecule has 1 aliphatic rings. The van der Waals surface area contributed by atoms with Gasteiger partial charge in [0, 0.05) is 51.3 Å². The van der Waals surface area contributed by atoms with E-state index >= 15 is 0 Å². The minimum absolute atomic E-state index is 0.0324. The van der Waals surface area contributed by atoms with Gasteiger partial charge >= 0.3 is 0 Å². The zero-order chi connectivity index (χ0) is 26.2. The molecule has 1 aliphatic heterocycles. The molecule has 1 heterocycles. The van der Waals surface area contributed by atoms with E-state index in [0.717, 1.165) is 39.0 Å². The number of halogens is 1. The third kappa shape index (κ3) is 7.57. The van der Waals surface area contributed by atoms with Crippen LogP contribution in [0.5, 0.6) is 5.75 Å². The standard InChI is InChI=1S/C31H38ClN3O2/c1-33(2)20-21-34(3)31(36)26-14-15-30(29(32)22-26)37-27-16-18-35(19-17-27)23-28(24-10-6-4-7-11-24)25-12-8-5-9-13-25/h4-15,22,27-28H,16-21,23H2,1-3H3. The molecule has 3 aromatic rings. The second kappa shape index (κ2) is 13.1. The Morgan fingerprint density at radius 3 is 2.05 bits per heavy atom. The van der Waals surface area contributed by atoms with E-state index in [1.54, 1.807) is 11.0 Å². The maximum Gasteiger partial charge on any atom is 0.253 e. The lowest BCUT2D eigenvalue weighted by Crippen LogP contribution is -2.40. The molecule has 0 N–H and O–H groups in total. The summed E-state index contributed by atoms with van der Waals surface area (Å²) in [6.07, 6.45) is 2.01. The van der Waals surface area contributed by atoms with E-state index < -0.39 is 0 Å². The Hall–Kier alpha value is -2.86. The van der Waals surface area contributed by atoms with Crippen molar-refractivity contribution in [3.8, 4) is 5.75 Å². The van der Waals surface area contributed by atoms with Gasteiger partial charge in [-0.05, 0) is 56.3 Å². The molecular weight excluding hydrogens is 482 g/mol. The summed E-state index contributed by atoms with van der Waals surface area (Å²) in [7, 11) is 5.81. The van der Waals surface area contributed by atoms with Crippen molar-refractivity contribution in [2.75, 3.05) is 53.9 Å². The Balaban J connectivity index is 1.33. The number of hydrogen-bond donors (Lipinski definition) is 0. The fourth-order valence-electron chi connectivity index (χ4n) is 4.82. The van der Waals surface area contributed by atoms with Gasteiger partial charge in [0.05, 0.1) is 5.02 Å². The van der Waals surface area contributed by atoms with Crippen LogP contribution in [0.2, 0.25) is 5.02 Å². The maximum atomic E-state index is 12.7. The monoisotopic (exact) mass is 519 g/mol. The molecule has 0 saturated carbocycles. The lowest BCUT2D eigenvalue weighted by atomic mass is 9.90. The summed E-state index contributed by atoms with van der Waals surface area (Å²) in [5.74, 6) is 0.962. The van der Waals surface area contributed by atoms with Gasteiger partial charge in [0.1, 0.15) is 11.9 Å². The molecule has 0 atom stereocenters. The molecule has 37 heavy (non-hydrogen) atoms. The highest BCUT2D eigenvalue weighted by Crippen LogP contribution is 2.30. The molecule has 0 bridgehead atoms. The number of benzene rings is 3. The fraction of sp³-hybridized carbons (Fsp3) is 0.387. The normalized spacial score (nSPS) is 14.8. The first-order valence-electron chi connectivity index (χ1n) is 13.1. The molecule has 3 aromatic carbocycles. The minimum Gasteiger partial charge on any atom is -0.489 e. The summed E-state index contributed by atoms with van der Waals surface area (Å²) in [4.78, 5) is 19.1. The number of amides is 1. The van der Waals surface area contributed by atoms with Crippen LogP contribution in [0.25, 0.3) is 0 Å². The van der Waals surface area contributed by atoms with Crippen LogP contribution in [0, 0.1) is 0 Å². The molecule has 6 heteroatoms. The molecule has 0 radical (unpaired) electrons. The highest BCUT2D eigenvalue weighted by Gasteiger charge is 2.25. The second-order valence-corrected chi connectivity index (χ2v) is 10.6. The van der Waals surface area contributed by atoms with E-state index in [1.165, 1.54) is 11.1 Å². The number of piperidine rings is 1. The number of nitrogens with zero attached hydrogens (tertiary/aromatic N) is 3. The van der Waals surface area contributed by atoms with Crippen molar-refractivity contribution in [3.05, 3.63) is 101 Å². The van der Waals surface area contributed by atoms with Gasteiger partial charge in [0.25, 0.3) is 5.91 Å². The molecule has 0 unspecified atom stereocenters.